The lowest BCUT2D eigenvalue weighted by atomic mass is 10.2. The number of carbonyl (C=O) groups is 1. The van der Waals surface area contributed by atoms with Crippen molar-refractivity contribution >= 4 is 41.4 Å². The van der Waals surface area contributed by atoms with Crippen LogP contribution in [0.5, 0.6) is 0 Å². The molecule has 0 bridgehead atoms. The van der Waals surface area contributed by atoms with Gasteiger partial charge in [0.15, 0.2) is 0 Å². The summed E-state index contributed by atoms with van der Waals surface area (Å²) < 4.78 is 0. The van der Waals surface area contributed by atoms with Crippen molar-refractivity contribution < 1.29 is 4.79 Å². The van der Waals surface area contributed by atoms with Crippen LogP contribution >= 0.6 is 35.5 Å². The molecule has 1 aliphatic rings. The van der Waals surface area contributed by atoms with E-state index in [-0.39, 0.29) is 18.3 Å². The van der Waals surface area contributed by atoms with E-state index in [0.717, 1.165) is 23.6 Å². The summed E-state index contributed by atoms with van der Waals surface area (Å²) in [6, 6.07) is 0.361. The third kappa shape index (κ3) is 4.10. The molecular formula is C13H22ClN3OS2. The number of thiazole rings is 1. The van der Waals surface area contributed by atoms with Gasteiger partial charge >= 0.3 is 0 Å². The molecule has 1 saturated carbocycles. The first kappa shape index (κ1) is 17.8. The minimum atomic E-state index is 0. The molecular weight excluding hydrogens is 314 g/mol. The number of hydrogen-bond donors (Lipinski definition) is 1. The summed E-state index contributed by atoms with van der Waals surface area (Å²) in [4.78, 5) is 18.5. The Kier molecular flexibility index (Phi) is 7.29. The molecule has 2 rings (SSSR count). The minimum absolute atomic E-state index is 0. The quantitative estimate of drug-likeness (QED) is 0.898. The normalized spacial score (nSPS) is 21.6. The van der Waals surface area contributed by atoms with Gasteiger partial charge in [0, 0.05) is 30.3 Å². The first-order valence-corrected chi connectivity index (χ1v) is 8.61. The SMILES string of the molecule is CCSC1CCC(N(C)C(=O)c2csc(CN)n2)C1.Cl. The Morgan fingerprint density at radius 3 is 2.95 bits per heavy atom. The molecule has 0 spiro atoms. The predicted octanol–water partition coefficient (Wildman–Crippen LogP) is 2.77. The van der Waals surface area contributed by atoms with E-state index in [9.17, 15) is 4.79 Å². The average Bonchev–Trinajstić information content (AvgIpc) is 3.06. The number of amides is 1. The minimum Gasteiger partial charge on any atom is -0.337 e. The Morgan fingerprint density at radius 1 is 1.60 bits per heavy atom. The second kappa shape index (κ2) is 8.22. The number of hydrogen-bond acceptors (Lipinski definition) is 5. The van der Waals surface area contributed by atoms with Crippen molar-refractivity contribution in [3.8, 4) is 0 Å². The summed E-state index contributed by atoms with van der Waals surface area (Å²) >= 11 is 3.47. The van der Waals surface area contributed by atoms with E-state index in [2.05, 4.69) is 11.9 Å². The standard InChI is InChI=1S/C13H21N3OS2.ClH/c1-3-18-10-5-4-9(6-10)16(2)13(17)11-8-19-12(7-14)15-11;/h8-10H,3-7,14H2,1-2H3;1H. The molecule has 2 unspecified atom stereocenters. The maximum Gasteiger partial charge on any atom is 0.273 e. The zero-order valence-corrected chi connectivity index (χ0v) is 14.3. The topological polar surface area (TPSA) is 59.2 Å². The fraction of sp³-hybridized carbons (Fsp3) is 0.692. The third-order valence-electron chi connectivity index (χ3n) is 3.57. The largest absolute Gasteiger partial charge is 0.337 e. The Balaban J connectivity index is 0.00000200. The number of nitrogens with two attached hydrogens (primary N) is 1. The van der Waals surface area contributed by atoms with Gasteiger partial charge in [-0.1, -0.05) is 6.92 Å². The molecule has 1 heterocycles. The zero-order valence-electron chi connectivity index (χ0n) is 11.9. The Bertz CT molecular complexity index is 441. The summed E-state index contributed by atoms with van der Waals surface area (Å²) in [6.07, 6.45) is 3.42. The van der Waals surface area contributed by atoms with E-state index in [4.69, 9.17) is 5.73 Å². The molecule has 0 radical (unpaired) electrons. The van der Waals surface area contributed by atoms with Crippen molar-refractivity contribution in [3.05, 3.63) is 16.1 Å². The lowest BCUT2D eigenvalue weighted by Gasteiger charge is -2.23. The number of nitrogens with zero attached hydrogens (tertiary/aromatic N) is 2. The van der Waals surface area contributed by atoms with E-state index in [1.165, 1.54) is 17.8 Å². The average molecular weight is 336 g/mol. The molecule has 1 aromatic heterocycles. The van der Waals surface area contributed by atoms with Gasteiger partial charge in [0.05, 0.1) is 0 Å². The first-order chi connectivity index (χ1) is 9.15. The van der Waals surface area contributed by atoms with E-state index >= 15 is 0 Å². The van der Waals surface area contributed by atoms with Crippen LogP contribution in [-0.4, -0.2) is 39.9 Å². The van der Waals surface area contributed by atoms with Gasteiger partial charge in [0.25, 0.3) is 5.91 Å². The van der Waals surface area contributed by atoms with Crippen LogP contribution in [0.1, 0.15) is 41.7 Å². The smallest absolute Gasteiger partial charge is 0.273 e. The van der Waals surface area contributed by atoms with Crippen molar-refractivity contribution in [2.75, 3.05) is 12.8 Å². The summed E-state index contributed by atoms with van der Waals surface area (Å²) in [5.74, 6) is 1.18. The number of aromatic nitrogens is 1. The van der Waals surface area contributed by atoms with Gasteiger partial charge in [-0.05, 0) is 25.0 Å². The molecule has 1 fully saturated rings. The van der Waals surface area contributed by atoms with Crippen LogP contribution in [0.25, 0.3) is 0 Å². The molecule has 7 heteroatoms. The Labute approximate surface area is 134 Å². The van der Waals surface area contributed by atoms with Gasteiger partial charge in [-0.25, -0.2) is 4.98 Å². The van der Waals surface area contributed by atoms with Crippen LogP contribution in [0.15, 0.2) is 5.38 Å². The van der Waals surface area contributed by atoms with Crippen molar-refractivity contribution in [2.45, 2.75) is 44.0 Å². The highest BCUT2D eigenvalue weighted by Crippen LogP contribution is 2.32. The molecule has 1 amide bonds. The van der Waals surface area contributed by atoms with Crippen molar-refractivity contribution in [1.82, 2.24) is 9.88 Å². The zero-order chi connectivity index (χ0) is 13.8. The predicted molar refractivity (Wildman–Crippen MR) is 88.9 cm³/mol. The van der Waals surface area contributed by atoms with Crippen molar-refractivity contribution in [3.63, 3.8) is 0 Å². The molecule has 20 heavy (non-hydrogen) atoms. The highest BCUT2D eigenvalue weighted by molar-refractivity contribution is 7.99. The van der Waals surface area contributed by atoms with Gasteiger partial charge in [0.2, 0.25) is 0 Å². The van der Waals surface area contributed by atoms with E-state index in [1.54, 1.807) is 0 Å². The maximum atomic E-state index is 12.3. The number of thioether (sulfide) groups is 1. The molecule has 1 aliphatic carbocycles. The lowest BCUT2D eigenvalue weighted by Crippen LogP contribution is -2.35. The summed E-state index contributed by atoms with van der Waals surface area (Å²) in [5.41, 5.74) is 6.07. The van der Waals surface area contributed by atoms with Crippen LogP contribution in [0.2, 0.25) is 0 Å². The second-order valence-corrected chi connectivity index (χ2v) is 7.31. The molecule has 2 N–H and O–H groups in total. The maximum absolute atomic E-state index is 12.3. The van der Waals surface area contributed by atoms with Gasteiger partial charge in [0.1, 0.15) is 10.7 Å². The summed E-state index contributed by atoms with van der Waals surface area (Å²) in [6.45, 7) is 2.59. The van der Waals surface area contributed by atoms with E-state index < -0.39 is 0 Å². The summed E-state index contributed by atoms with van der Waals surface area (Å²) in [5, 5.41) is 3.34. The molecule has 0 aliphatic heterocycles. The number of rotatable bonds is 5. The molecule has 114 valence electrons. The summed E-state index contributed by atoms with van der Waals surface area (Å²) in [7, 11) is 1.90. The molecule has 0 aromatic carbocycles. The van der Waals surface area contributed by atoms with Crippen LogP contribution in [-0.2, 0) is 6.54 Å². The highest BCUT2D eigenvalue weighted by atomic mass is 35.5. The lowest BCUT2D eigenvalue weighted by molar-refractivity contribution is 0.0730. The van der Waals surface area contributed by atoms with Gasteiger partial charge in [-0.2, -0.15) is 11.8 Å². The Hall–Kier alpha value is -0.300. The second-order valence-electron chi connectivity index (χ2n) is 4.79. The van der Waals surface area contributed by atoms with Gasteiger partial charge in [-0.3, -0.25) is 4.79 Å². The van der Waals surface area contributed by atoms with Crippen molar-refractivity contribution in [1.29, 1.82) is 0 Å². The Morgan fingerprint density at radius 2 is 2.35 bits per heavy atom. The number of halogens is 1. The van der Waals surface area contributed by atoms with Gasteiger partial charge in [-0.15, -0.1) is 23.7 Å². The highest BCUT2D eigenvalue weighted by Gasteiger charge is 2.30. The van der Waals surface area contributed by atoms with Crippen LogP contribution in [0, 0.1) is 0 Å². The molecule has 4 nitrogen and oxygen atoms in total. The molecule has 0 saturated heterocycles. The molecule has 1 aromatic rings. The fourth-order valence-corrected chi connectivity index (χ4v) is 4.29. The van der Waals surface area contributed by atoms with Crippen LogP contribution in [0.4, 0.5) is 0 Å². The van der Waals surface area contributed by atoms with E-state index in [1.807, 2.05) is 29.1 Å². The fourth-order valence-electron chi connectivity index (χ4n) is 2.51. The van der Waals surface area contributed by atoms with Crippen molar-refractivity contribution in [2.24, 2.45) is 5.73 Å². The number of carbonyl (C=O) groups excluding carboxylic acids is 1. The van der Waals surface area contributed by atoms with Crippen LogP contribution in [0.3, 0.4) is 0 Å². The first-order valence-electron chi connectivity index (χ1n) is 6.69. The monoisotopic (exact) mass is 335 g/mol. The molecule has 2 atom stereocenters. The van der Waals surface area contributed by atoms with E-state index in [0.29, 0.717) is 23.5 Å². The van der Waals surface area contributed by atoms with Gasteiger partial charge < -0.3 is 10.6 Å². The van der Waals surface area contributed by atoms with Crippen LogP contribution < -0.4 is 5.73 Å². The third-order valence-corrected chi connectivity index (χ3v) is 5.68.